The first-order valence-electron chi connectivity index (χ1n) is 7.35. The molecule has 0 saturated heterocycles. The van der Waals surface area contributed by atoms with Gasteiger partial charge in [-0.1, -0.05) is 31.5 Å². The van der Waals surface area contributed by atoms with Crippen molar-refractivity contribution in [2.75, 3.05) is 20.2 Å². The standard InChI is InChI=1S/C17H29NO/c1-6-19-16-8-7-14(2)13-15(16)9-10-17(3,4)11-12-18-5/h7-8,13,18H,6,9-12H2,1-5H3. The Bertz CT molecular complexity index is 385. The molecule has 1 aromatic carbocycles. The maximum Gasteiger partial charge on any atom is 0.122 e. The summed E-state index contributed by atoms with van der Waals surface area (Å²) >= 11 is 0. The second kappa shape index (κ2) is 7.54. The van der Waals surface area contributed by atoms with Crippen molar-refractivity contribution in [3.63, 3.8) is 0 Å². The fourth-order valence-corrected chi connectivity index (χ4v) is 2.26. The van der Waals surface area contributed by atoms with Gasteiger partial charge in [0.15, 0.2) is 0 Å². The van der Waals surface area contributed by atoms with Crippen LogP contribution >= 0.6 is 0 Å². The van der Waals surface area contributed by atoms with Crippen LogP contribution in [0.3, 0.4) is 0 Å². The molecule has 1 N–H and O–H groups in total. The summed E-state index contributed by atoms with van der Waals surface area (Å²) in [5.74, 6) is 1.05. The summed E-state index contributed by atoms with van der Waals surface area (Å²) in [5.41, 5.74) is 3.03. The highest BCUT2D eigenvalue weighted by molar-refractivity contribution is 5.37. The van der Waals surface area contributed by atoms with Crippen molar-refractivity contribution in [3.05, 3.63) is 29.3 Å². The molecule has 1 rings (SSSR count). The number of hydrogen-bond donors (Lipinski definition) is 1. The molecule has 19 heavy (non-hydrogen) atoms. The molecule has 0 unspecified atom stereocenters. The quantitative estimate of drug-likeness (QED) is 0.766. The minimum atomic E-state index is 0.371. The van der Waals surface area contributed by atoms with Gasteiger partial charge in [-0.05, 0) is 63.7 Å². The lowest BCUT2D eigenvalue weighted by atomic mass is 9.83. The van der Waals surface area contributed by atoms with Crippen LogP contribution in [0.4, 0.5) is 0 Å². The molecule has 1 aromatic rings. The number of benzene rings is 1. The van der Waals surface area contributed by atoms with E-state index < -0.39 is 0 Å². The van der Waals surface area contributed by atoms with Crippen LogP contribution in [0.1, 0.15) is 44.7 Å². The van der Waals surface area contributed by atoms with Crippen molar-refractivity contribution >= 4 is 0 Å². The third-order valence-corrected chi connectivity index (χ3v) is 3.64. The minimum Gasteiger partial charge on any atom is -0.494 e. The Morgan fingerprint density at radius 2 is 1.95 bits per heavy atom. The number of hydrogen-bond acceptors (Lipinski definition) is 2. The van der Waals surface area contributed by atoms with Gasteiger partial charge in [-0.25, -0.2) is 0 Å². The van der Waals surface area contributed by atoms with E-state index in [-0.39, 0.29) is 0 Å². The molecule has 0 saturated carbocycles. The van der Waals surface area contributed by atoms with E-state index in [0.29, 0.717) is 5.41 Å². The summed E-state index contributed by atoms with van der Waals surface area (Å²) in [4.78, 5) is 0. The van der Waals surface area contributed by atoms with Gasteiger partial charge in [0.25, 0.3) is 0 Å². The Labute approximate surface area is 118 Å². The summed E-state index contributed by atoms with van der Waals surface area (Å²) in [5, 5.41) is 3.24. The highest BCUT2D eigenvalue weighted by atomic mass is 16.5. The smallest absolute Gasteiger partial charge is 0.122 e. The first-order chi connectivity index (χ1) is 8.98. The zero-order valence-corrected chi connectivity index (χ0v) is 13.2. The molecule has 0 atom stereocenters. The molecular formula is C17H29NO. The van der Waals surface area contributed by atoms with Gasteiger partial charge in [-0.3, -0.25) is 0 Å². The molecule has 0 aliphatic heterocycles. The first-order valence-corrected chi connectivity index (χ1v) is 7.35. The predicted octanol–water partition coefficient (Wildman–Crippen LogP) is 3.96. The van der Waals surface area contributed by atoms with Gasteiger partial charge < -0.3 is 10.1 Å². The zero-order valence-electron chi connectivity index (χ0n) is 13.2. The lowest BCUT2D eigenvalue weighted by Gasteiger charge is -2.25. The molecule has 2 heteroatoms. The number of nitrogens with one attached hydrogen (secondary N) is 1. The van der Waals surface area contributed by atoms with Gasteiger partial charge >= 0.3 is 0 Å². The van der Waals surface area contributed by atoms with E-state index in [0.717, 1.165) is 25.3 Å². The molecule has 0 bridgehead atoms. The van der Waals surface area contributed by atoms with Crippen LogP contribution in [0.25, 0.3) is 0 Å². The lowest BCUT2D eigenvalue weighted by Crippen LogP contribution is -2.20. The van der Waals surface area contributed by atoms with Gasteiger partial charge in [0.1, 0.15) is 5.75 Å². The van der Waals surface area contributed by atoms with Crippen molar-refractivity contribution in [3.8, 4) is 5.75 Å². The van der Waals surface area contributed by atoms with E-state index in [2.05, 4.69) is 44.3 Å². The summed E-state index contributed by atoms with van der Waals surface area (Å²) in [7, 11) is 2.02. The normalized spacial score (nSPS) is 11.6. The number of rotatable bonds is 8. The highest BCUT2D eigenvalue weighted by Gasteiger charge is 2.18. The van der Waals surface area contributed by atoms with Gasteiger partial charge in [0.2, 0.25) is 0 Å². The minimum absolute atomic E-state index is 0.371. The molecule has 0 radical (unpaired) electrons. The summed E-state index contributed by atoms with van der Waals surface area (Å²) < 4.78 is 5.73. The third kappa shape index (κ3) is 5.65. The largest absolute Gasteiger partial charge is 0.494 e. The van der Waals surface area contributed by atoms with Crippen LogP contribution in [-0.2, 0) is 6.42 Å². The SMILES string of the molecule is CCOc1ccc(C)cc1CCC(C)(C)CCNC. The number of ether oxygens (including phenoxy) is 1. The average Bonchev–Trinajstić information content (AvgIpc) is 2.37. The Kier molecular flexibility index (Phi) is 6.36. The fraction of sp³-hybridized carbons (Fsp3) is 0.647. The van der Waals surface area contributed by atoms with Crippen LogP contribution in [0, 0.1) is 12.3 Å². The molecule has 2 nitrogen and oxygen atoms in total. The predicted molar refractivity (Wildman–Crippen MR) is 83.0 cm³/mol. The zero-order chi connectivity index (χ0) is 14.3. The molecule has 0 fully saturated rings. The van der Waals surface area contributed by atoms with E-state index in [1.54, 1.807) is 0 Å². The van der Waals surface area contributed by atoms with Crippen LogP contribution < -0.4 is 10.1 Å². The van der Waals surface area contributed by atoms with Crippen LogP contribution in [0.2, 0.25) is 0 Å². The van der Waals surface area contributed by atoms with Crippen LogP contribution in [0.5, 0.6) is 5.75 Å². The maximum atomic E-state index is 5.73. The molecule has 0 amide bonds. The fourth-order valence-electron chi connectivity index (χ4n) is 2.26. The molecule has 0 aliphatic carbocycles. The Morgan fingerprint density at radius 3 is 2.58 bits per heavy atom. The molecule has 0 heterocycles. The molecule has 0 aliphatic rings. The van der Waals surface area contributed by atoms with Crippen molar-refractivity contribution in [1.82, 2.24) is 5.32 Å². The Morgan fingerprint density at radius 1 is 1.21 bits per heavy atom. The van der Waals surface area contributed by atoms with E-state index in [1.807, 2.05) is 14.0 Å². The van der Waals surface area contributed by atoms with Gasteiger partial charge in [0.05, 0.1) is 6.61 Å². The molecule has 0 spiro atoms. The van der Waals surface area contributed by atoms with Crippen molar-refractivity contribution in [1.29, 1.82) is 0 Å². The topological polar surface area (TPSA) is 21.3 Å². The van der Waals surface area contributed by atoms with Crippen LogP contribution in [-0.4, -0.2) is 20.2 Å². The molecule has 0 aromatic heterocycles. The Balaban J connectivity index is 2.67. The maximum absolute atomic E-state index is 5.73. The van der Waals surface area contributed by atoms with Crippen molar-refractivity contribution < 1.29 is 4.74 Å². The summed E-state index contributed by atoms with van der Waals surface area (Å²) in [6.45, 7) is 10.7. The molecular weight excluding hydrogens is 234 g/mol. The third-order valence-electron chi connectivity index (χ3n) is 3.64. The van der Waals surface area contributed by atoms with Gasteiger partial charge in [-0.2, -0.15) is 0 Å². The lowest BCUT2D eigenvalue weighted by molar-refractivity contribution is 0.299. The van der Waals surface area contributed by atoms with Crippen molar-refractivity contribution in [2.45, 2.75) is 47.0 Å². The van der Waals surface area contributed by atoms with Gasteiger partial charge in [0, 0.05) is 0 Å². The number of aryl methyl sites for hydroxylation is 2. The van der Waals surface area contributed by atoms with E-state index in [9.17, 15) is 0 Å². The summed E-state index contributed by atoms with van der Waals surface area (Å²) in [6.07, 6.45) is 3.49. The second-order valence-corrected chi connectivity index (χ2v) is 6.06. The monoisotopic (exact) mass is 263 g/mol. The van der Waals surface area contributed by atoms with Crippen molar-refractivity contribution in [2.24, 2.45) is 5.41 Å². The van der Waals surface area contributed by atoms with E-state index in [1.165, 1.54) is 24.0 Å². The molecule has 108 valence electrons. The van der Waals surface area contributed by atoms with E-state index in [4.69, 9.17) is 4.74 Å². The highest BCUT2D eigenvalue weighted by Crippen LogP contribution is 2.29. The van der Waals surface area contributed by atoms with Crippen LogP contribution in [0.15, 0.2) is 18.2 Å². The second-order valence-electron chi connectivity index (χ2n) is 6.06. The van der Waals surface area contributed by atoms with E-state index >= 15 is 0 Å². The van der Waals surface area contributed by atoms with Gasteiger partial charge in [-0.15, -0.1) is 0 Å². The Hall–Kier alpha value is -1.02. The first kappa shape index (κ1) is 16.0. The summed E-state index contributed by atoms with van der Waals surface area (Å²) in [6, 6.07) is 6.49. The average molecular weight is 263 g/mol.